The van der Waals surface area contributed by atoms with Crippen LogP contribution in [0.2, 0.25) is 0 Å². The van der Waals surface area contributed by atoms with Crippen molar-refractivity contribution >= 4 is 23.0 Å². The lowest BCUT2D eigenvalue weighted by atomic mass is 10.3. The zero-order valence-electron chi connectivity index (χ0n) is 7.03. The van der Waals surface area contributed by atoms with Gasteiger partial charge in [0.1, 0.15) is 6.04 Å². The van der Waals surface area contributed by atoms with Crippen molar-refractivity contribution < 1.29 is 9.53 Å². The van der Waals surface area contributed by atoms with Crippen molar-refractivity contribution in [1.82, 2.24) is 0 Å². The van der Waals surface area contributed by atoms with Gasteiger partial charge in [-0.05, 0) is 18.4 Å². The Morgan fingerprint density at radius 2 is 2.50 bits per heavy atom. The van der Waals surface area contributed by atoms with Crippen LogP contribution in [0.5, 0.6) is 0 Å². The molecule has 0 spiro atoms. The van der Waals surface area contributed by atoms with Gasteiger partial charge < -0.3 is 10.1 Å². The minimum absolute atomic E-state index is 0.249. The fourth-order valence-corrected chi connectivity index (χ4v) is 1.43. The smallest absolute Gasteiger partial charge is 0.327 e. The summed E-state index contributed by atoms with van der Waals surface area (Å²) >= 11 is 1.59. The molecule has 0 fully saturated rings. The molecule has 1 heterocycles. The molecule has 1 N–H and O–H groups in total. The van der Waals surface area contributed by atoms with Crippen molar-refractivity contribution in [2.75, 3.05) is 12.4 Å². The molecule has 1 atom stereocenters. The average Bonchev–Trinajstić information content (AvgIpc) is 2.55. The predicted octanol–water partition coefficient (Wildman–Crippen LogP) is 1.72. The molecule has 0 aliphatic heterocycles. The molecule has 0 aliphatic carbocycles. The van der Waals surface area contributed by atoms with Crippen LogP contribution in [0.25, 0.3) is 0 Å². The summed E-state index contributed by atoms with van der Waals surface area (Å²) in [6, 6.07) is 1.63. The number of nitrogens with one attached hydrogen (secondary N) is 1. The third-order valence-corrected chi connectivity index (χ3v) is 2.14. The maximum Gasteiger partial charge on any atom is 0.327 e. The zero-order valence-corrected chi connectivity index (χ0v) is 7.85. The molecule has 66 valence electrons. The van der Waals surface area contributed by atoms with E-state index in [4.69, 9.17) is 0 Å². The Hall–Kier alpha value is -1.03. The monoisotopic (exact) mass is 185 g/mol. The zero-order chi connectivity index (χ0) is 8.97. The van der Waals surface area contributed by atoms with Gasteiger partial charge in [0.05, 0.1) is 7.11 Å². The Labute approximate surface area is 75.4 Å². The number of ether oxygens (including phenoxy) is 1. The first-order valence-corrected chi connectivity index (χ1v) is 4.55. The molecule has 0 aliphatic rings. The van der Waals surface area contributed by atoms with E-state index in [1.54, 1.807) is 18.3 Å². The van der Waals surface area contributed by atoms with E-state index in [2.05, 4.69) is 10.1 Å². The standard InChI is InChI=1S/C8H11NO2S/c1-6(8(10)11-2)9-7-3-4-12-5-7/h3-6,9H,1-2H3. The molecule has 1 unspecified atom stereocenters. The summed E-state index contributed by atoms with van der Waals surface area (Å²) in [5.41, 5.74) is 0.956. The molecule has 3 nitrogen and oxygen atoms in total. The van der Waals surface area contributed by atoms with E-state index in [9.17, 15) is 4.79 Å². The lowest BCUT2D eigenvalue weighted by Crippen LogP contribution is -2.26. The van der Waals surface area contributed by atoms with Crippen LogP contribution in [-0.2, 0) is 9.53 Å². The van der Waals surface area contributed by atoms with Crippen LogP contribution in [0.1, 0.15) is 6.92 Å². The van der Waals surface area contributed by atoms with E-state index in [0.29, 0.717) is 0 Å². The number of thiophene rings is 1. The van der Waals surface area contributed by atoms with Crippen molar-refractivity contribution in [3.05, 3.63) is 16.8 Å². The van der Waals surface area contributed by atoms with Crippen molar-refractivity contribution in [1.29, 1.82) is 0 Å². The summed E-state index contributed by atoms with van der Waals surface area (Å²) in [5.74, 6) is -0.249. The first-order valence-electron chi connectivity index (χ1n) is 3.60. The molecule has 1 rings (SSSR count). The van der Waals surface area contributed by atoms with Gasteiger partial charge >= 0.3 is 5.97 Å². The quantitative estimate of drug-likeness (QED) is 0.729. The molecule has 4 heteroatoms. The molecule has 0 aromatic carbocycles. The topological polar surface area (TPSA) is 38.3 Å². The molecular formula is C8H11NO2S. The van der Waals surface area contributed by atoms with Crippen LogP contribution < -0.4 is 5.32 Å². The van der Waals surface area contributed by atoms with E-state index < -0.39 is 0 Å². The Morgan fingerprint density at radius 1 is 1.75 bits per heavy atom. The van der Waals surface area contributed by atoms with Crippen LogP contribution in [0.15, 0.2) is 16.8 Å². The number of rotatable bonds is 3. The van der Waals surface area contributed by atoms with E-state index in [-0.39, 0.29) is 12.0 Å². The fraction of sp³-hybridized carbons (Fsp3) is 0.375. The van der Waals surface area contributed by atoms with Crippen LogP contribution in [0, 0.1) is 0 Å². The fourth-order valence-electron chi connectivity index (χ4n) is 0.832. The van der Waals surface area contributed by atoms with Gasteiger partial charge in [0.15, 0.2) is 0 Å². The molecule has 0 radical (unpaired) electrons. The molecule has 1 aromatic rings. The number of anilines is 1. The van der Waals surface area contributed by atoms with Gasteiger partial charge in [-0.15, -0.1) is 0 Å². The summed E-state index contributed by atoms with van der Waals surface area (Å²) in [7, 11) is 1.38. The third-order valence-electron chi connectivity index (χ3n) is 1.46. The maximum absolute atomic E-state index is 11.0. The van der Waals surface area contributed by atoms with E-state index in [1.807, 2.05) is 16.8 Å². The van der Waals surface area contributed by atoms with Crippen molar-refractivity contribution in [3.63, 3.8) is 0 Å². The van der Waals surface area contributed by atoms with Crippen LogP contribution in [-0.4, -0.2) is 19.1 Å². The molecule has 1 aromatic heterocycles. The van der Waals surface area contributed by atoms with Gasteiger partial charge in [-0.25, -0.2) is 4.79 Å². The minimum atomic E-state index is -0.287. The Morgan fingerprint density at radius 3 is 3.00 bits per heavy atom. The predicted molar refractivity (Wildman–Crippen MR) is 49.4 cm³/mol. The molecular weight excluding hydrogens is 174 g/mol. The van der Waals surface area contributed by atoms with Crippen molar-refractivity contribution in [2.24, 2.45) is 0 Å². The van der Waals surface area contributed by atoms with Gasteiger partial charge in [-0.1, -0.05) is 0 Å². The number of methoxy groups -OCH3 is 1. The number of carbonyl (C=O) groups is 1. The highest BCUT2D eigenvalue weighted by molar-refractivity contribution is 7.08. The molecule has 12 heavy (non-hydrogen) atoms. The Bertz CT molecular complexity index is 246. The van der Waals surface area contributed by atoms with E-state index >= 15 is 0 Å². The first-order chi connectivity index (χ1) is 5.74. The van der Waals surface area contributed by atoms with Gasteiger partial charge in [0.2, 0.25) is 0 Å². The van der Waals surface area contributed by atoms with Gasteiger partial charge in [-0.3, -0.25) is 0 Å². The van der Waals surface area contributed by atoms with Crippen molar-refractivity contribution in [2.45, 2.75) is 13.0 Å². The second-order valence-electron chi connectivity index (χ2n) is 2.40. The summed E-state index contributed by atoms with van der Waals surface area (Å²) in [5, 5.41) is 6.90. The highest BCUT2D eigenvalue weighted by Gasteiger charge is 2.11. The van der Waals surface area contributed by atoms with Gasteiger partial charge in [-0.2, -0.15) is 11.3 Å². The average molecular weight is 185 g/mol. The normalized spacial score (nSPS) is 12.2. The second-order valence-corrected chi connectivity index (χ2v) is 3.18. The summed E-state index contributed by atoms with van der Waals surface area (Å²) in [4.78, 5) is 11.0. The highest BCUT2D eigenvalue weighted by Crippen LogP contribution is 2.12. The third kappa shape index (κ3) is 2.23. The minimum Gasteiger partial charge on any atom is -0.467 e. The second kappa shape index (κ2) is 4.11. The number of hydrogen-bond acceptors (Lipinski definition) is 4. The summed E-state index contributed by atoms with van der Waals surface area (Å²) < 4.78 is 4.56. The van der Waals surface area contributed by atoms with E-state index in [0.717, 1.165) is 5.69 Å². The van der Waals surface area contributed by atoms with Gasteiger partial charge in [0.25, 0.3) is 0 Å². The van der Waals surface area contributed by atoms with E-state index in [1.165, 1.54) is 7.11 Å². The van der Waals surface area contributed by atoms with Crippen LogP contribution in [0.4, 0.5) is 5.69 Å². The first kappa shape index (κ1) is 9.06. The molecule has 0 saturated carbocycles. The lowest BCUT2D eigenvalue weighted by molar-refractivity contribution is -0.141. The molecule has 0 amide bonds. The summed E-state index contributed by atoms with van der Waals surface area (Å²) in [6.45, 7) is 1.77. The Kier molecular flexibility index (Phi) is 3.10. The molecule has 0 saturated heterocycles. The lowest BCUT2D eigenvalue weighted by Gasteiger charge is -2.10. The number of hydrogen-bond donors (Lipinski definition) is 1. The van der Waals surface area contributed by atoms with Gasteiger partial charge in [0, 0.05) is 11.1 Å². The largest absolute Gasteiger partial charge is 0.467 e. The number of carbonyl (C=O) groups excluding carboxylic acids is 1. The van der Waals surface area contributed by atoms with Crippen LogP contribution >= 0.6 is 11.3 Å². The number of esters is 1. The molecule has 0 bridgehead atoms. The maximum atomic E-state index is 11.0. The summed E-state index contributed by atoms with van der Waals surface area (Å²) in [6.07, 6.45) is 0. The Balaban J connectivity index is 2.47. The van der Waals surface area contributed by atoms with Crippen LogP contribution in [0.3, 0.4) is 0 Å². The SMILES string of the molecule is COC(=O)C(C)Nc1ccsc1. The van der Waals surface area contributed by atoms with Crippen molar-refractivity contribution in [3.8, 4) is 0 Å². The highest BCUT2D eigenvalue weighted by atomic mass is 32.1.